The monoisotopic (exact) mass is 378 g/mol. The summed E-state index contributed by atoms with van der Waals surface area (Å²) in [6.07, 6.45) is 8.87. The molecule has 1 saturated carbocycles. The van der Waals surface area contributed by atoms with Crippen LogP contribution in [0.25, 0.3) is 10.8 Å². The van der Waals surface area contributed by atoms with Crippen molar-refractivity contribution in [2.75, 3.05) is 5.32 Å². The molecule has 1 aliphatic rings. The molecule has 4 rings (SSSR count). The van der Waals surface area contributed by atoms with Gasteiger partial charge in [0.15, 0.2) is 0 Å². The Bertz CT molecular complexity index is 925. The number of fused-ring (bicyclic) bond motifs is 1. The molecule has 1 heterocycles. The first-order valence-corrected chi connectivity index (χ1v) is 9.95. The van der Waals surface area contributed by atoms with Gasteiger partial charge in [0, 0.05) is 34.9 Å². The molecule has 0 aliphatic heterocycles. The smallest absolute Gasteiger partial charge is 0.224 e. The molecule has 138 valence electrons. The number of halogens is 1. The summed E-state index contributed by atoms with van der Waals surface area (Å²) in [6.45, 7) is 0. The quantitative estimate of drug-likeness (QED) is 0.588. The topological polar surface area (TPSA) is 42.0 Å². The van der Waals surface area contributed by atoms with Gasteiger partial charge in [-0.15, -0.1) is 0 Å². The van der Waals surface area contributed by atoms with E-state index in [9.17, 15) is 4.79 Å². The lowest BCUT2D eigenvalue weighted by molar-refractivity contribution is -0.117. The van der Waals surface area contributed by atoms with E-state index in [0.29, 0.717) is 23.3 Å². The SMILES string of the molecule is O=C(CC1CCC(c2cccc3ccncc23)CC1)Nc1ccc(Cl)cc1. The molecular weight excluding hydrogens is 356 g/mol. The van der Waals surface area contributed by atoms with Crippen molar-refractivity contribution in [1.29, 1.82) is 0 Å². The summed E-state index contributed by atoms with van der Waals surface area (Å²) < 4.78 is 0. The number of pyridine rings is 1. The summed E-state index contributed by atoms with van der Waals surface area (Å²) >= 11 is 5.89. The van der Waals surface area contributed by atoms with Gasteiger partial charge in [-0.25, -0.2) is 0 Å². The Balaban J connectivity index is 1.34. The first-order valence-electron chi connectivity index (χ1n) is 9.57. The lowest BCUT2D eigenvalue weighted by Crippen LogP contribution is -2.20. The predicted octanol–water partition coefficient (Wildman–Crippen LogP) is 6.19. The van der Waals surface area contributed by atoms with E-state index in [1.807, 2.05) is 24.5 Å². The third-order valence-corrected chi connectivity index (χ3v) is 5.86. The molecule has 0 atom stereocenters. The van der Waals surface area contributed by atoms with Crippen LogP contribution in [0.3, 0.4) is 0 Å². The Labute approximate surface area is 164 Å². The van der Waals surface area contributed by atoms with Crippen molar-refractivity contribution >= 4 is 34.0 Å². The molecule has 1 aliphatic carbocycles. The number of hydrogen-bond acceptors (Lipinski definition) is 2. The lowest BCUT2D eigenvalue weighted by atomic mass is 9.76. The van der Waals surface area contributed by atoms with Crippen LogP contribution in [0.1, 0.15) is 43.6 Å². The van der Waals surface area contributed by atoms with Crippen molar-refractivity contribution in [3.05, 3.63) is 71.5 Å². The van der Waals surface area contributed by atoms with E-state index >= 15 is 0 Å². The number of hydrogen-bond donors (Lipinski definition) is 1. The molecule has 0 unspecified atom stereocenters. The van der Waals surface area contributed by atoms with Gasteiger partial charge >= 0.3 is 0 Å². The number of nitrogens with zero attached hydrogens (tertiary/aromatic N) is 1. The molecule has 0 saturated heterocycles. The fraction of sp³-hybridized carbons (Fsp3) is 0.304. The second-order valence-electron chi connectivity index (χ2n) is 7.42. The molecule has 27 heavy (non-hydrogen) atoms. The zero-order chi connectivity index (χ0) is 18.6. The van der Waals surface area contributed by atoms with Crippen molar-refractivity contribution in [2.24, 2.45) is 5.92 Å². The summed E-state index contributed by atoms with van der Waals surface area (Å²) in [6, 6.07) is 15.9. The number of carbonyl (C=O) groups is 1. The minimum absolute atomic E-state index is 0.0927. The highest BCUT2D eigenvalue weighted by molar-refractivity contribution is 6.30. The Hall–Kier alpha value is -2.39. The fourth-order valence-electron chi connectivity index (χ4n) is 4.18. The molecule has 2 aromatic carbocycles. The van der Waals surface area contributed by atoms with Gasteiger partial charge in [0.1, 0.15) is 0 Å². The normalized spacial score (nSPS) is 19.7. The molecule has 1 N–H and O–H groups in total. The van der Waals surface area contributed by atoms with E-state index in [1.165, 1.54) is 16.3 Å². The molecule has 3 aromatic rings. The molecule has 1 aromatic heterocycles. The maximum atomic E-state index is 12.3. The molecule has 1 fully saturated rings. The standard InChI is InChI=1S/C23H23ClN2O/c24-19-8-10-20(11-9-19)26-23(27)14-16-4-6-18(7-5-16)21-3-1-2-17-12-13-25-15-22(17)21/h1-3,8-13,15-16,18H,4-7,14H2,(H,26,27). The van der Waals surface area contributed by atoms with E-state index in [1.54, 1.807) is 12.1 Å². The first-order chi connectivity index (χ1) is 13.2. The Morgan fingerprint density at radius 1 is 1.04 bits per heavy atom. The zero-order valence-electron chi connectivity index (χ0n) is 15.2. The number of benzene rings is 2. The van der Waals surface area contributed by atoms with Crippen LogP contribution in [0.15, 0.2) is 60.9 Å². The lowest BCUT2D eigenvalue weighted by Gasteiger charge is -2.29. The average Bonchev–Trinajstić information content (AvgIpc) is 2.70. The summed E-state index contributed by atoms with van der Waals surface area (Å²) in [5.41, 5.74) is 2.21. The van der Waals surface area contributed by atoms with Crippen LogP contribution in [0.5, 0.6) is 0 Å². The van der Waals surface area contributed by atoms with Gasteiger partial charge in [0.2, 0.25) is 5.91 Å². The van der Waals surface area contributed by atoms with Crippen molar-refractivity contribution in [1.82, 2.24) is 4.98 Å². The van der Waals surface area contributed by atoms with Crippen LogP contribution in [0, 0.1) is 5.92 Å². The first kappa shape index (κ1) is 18.0. The van der Waals surface area contributed by atoms with Crippen molar-refractivity contribution in [3.63, 3.8) is 0 Å². The minimum atomic E-state index is 0.0927. The Morgan fingerprint density at radius 2 is 1.81 bits per heavy atom. The highest BCUT2D eigenvalue weighted by Crippen LogP contribution is 2.39. The van der Waals surface area contributed by atoms with E-state index in [-0.39, 0.29) is 5.91 Å². The summed E-state index contributed by atoms with van der Waals surface area (Å²) in [4.78, 5) is 16.6. The van der Waals surface area contributed by atoms with E-state index in [4.69, 9.17) is 11.6 Å². The molecule has 0 spiro atoms. The van der Waals surface area contributed by atoms with E-state index in [0.717, 1.165) is 31.4 Å². The molecule has 0 bridgehead atoms. The minimum Gasteiger partial charge on any atom is -0.326 e. The Kier molecular flexibility index (Phi) is 5.40. The maximum absolute atomic E-state index is 12.3. The summed E-state index contributed by atoms with van der Waals surface area (Å²) in [5.74, 6) is 1.12. The van der Waals surface area contributed by atoms with Gasteiger partial charge in [-0.05, 0) is 78.8 Å². The maximum Gasteiger partial charge on any atom is 0.224 e. The van der Waals surface area contributed by atoms with E-state index in [2.05, 4.69) is 34.6 Å². The van der Waals surface area contributed by atoms with Gasteiger partial charge in [-0.2, -0.15) is 0 Å². The number of nitrogens with one attached hydrogen (secondary N) is 1. The van der Waals surface area contributed by atoms with Crippen LogP contribution in [-0.4, -0.2) is 10.9 Å². The fourth-order valence-corrected chi connectivity index (χ4v) is 4.30. The van der Waals surface area contributed by atoms with Crippen molar-refractivity contribution in [2.45, 2.75) is 38.0 Å². The van der Waals surface area contributed by atoms with Gasteiger partial charge in [0.25, 0.3) is 0 Å². The van der Waals surface area contributed by atoms with Crippen LogP contribution in [0.2, 0.25) is 5.02 Å². The van der Waals surface area contributed by atoms with Gasteiger partial charge in [-0.3, -0.25) is 9.78 Å². The number of carbonyl (C=O) groups excluding carboxylic acids is 1. The second kappa shape index (κ2) is 8.10. The molecule has 1 amide bonds. The van der Waals surface area contributed by atoms with Gasteiger partial charge in [-0.1, -0.05) is 29.8 Å². The summed E-state index contributed by atoms with van der Waals surface area (Å²) in [5, 5.41) is 6.18. The van der Waals surface area contributed by atoms with Crippen LogP contribution < -0.4 is 5.32 Å². The third-order valence-electron chi connectivity index (χ3n) is 5.61. The van der Waals surface area contributed by atoms with Crippen LogP contribution in [0.4, 0.5) is 5.69 Å². The van der Waals surface area contributed by atoms with Gasteiger partial charge in [0.05, 0.1) is 0 Å². The highest BCUT2D eigenvalue weighted by Gasteiger charge is 2.25. The number of aromatic nitrogens is 1. The van der Waals surface area contributed by atoms with E-state index < -0.39 is 0 Å². The zero-order valence-corrected chi connectivity index (χ0v) is 16.0. The second-order valence-corrected chi connectivity index (χ2v) is 7.86. The van der Waals surface area contributed by atoms with Crippen LogP contribution >= 0.6 is 11.6 Å². The Morgan fingerprint density at radius 3 is 2.59 bits per heavy atom. The molecule has 3 nitrogen and oxygen atoms in total. The number of amides is 1. The number of rotatable bonds is 4. The largest absolute Gasteiger partial charge is 0.326 e. The molecule has 4 heteroatoms. The average molecular weight is 379 g/mol. The van der Waals surface area contributed by atoms with Gasteiger partial charge < -0.3 is 5.32 Å². The highest BCUT2D eigenvalue weighted by atomic mass is 35.5. The molecular formula is C23H23ClN2O. The number of anilines is 1. The van der Waals surface area contributed by atoms with Crippen molar-refractivity contribution in [3.8, 4) is 0 Å². The van der Waals surface area contributed by atoms with Crippen molar-refractivity contribution < 1.29 is 4.79 Å². The third kappa shape index (κ3) is 4.30. The molecule has 0 radical (unpaired) electrons. The predicted molar refractivity (Wildman–Crippen MR) is 111 cm³/mol. The van der Waals surface area contributed by atoms with Crippen LogP contribution in [-0.2, 0) is 4.79 Å². The summed E-state index contributed by atoms with van der Waals surface area (Å²) in [7, 11) is 0.